The molecule has 0 saturated carbocycles. The van der Waals surface area contributed by atoms with Gasteiger partial charge in [0.15, 0.2) is 6.61 Å². The van der Waals surface area contributed by atoms with E-state index in [0.717, 1.165) is 0 Å². The van der Waals surface area contributed by atoms with Crippen molar-refractivity contribution >= 4 is 17.8 Å². The van der Waals surface area contributed by atoms with Crippen molar-refractivity contribution in [3.8, 4) is 0 Å². The van der Waals surface area contributed by atoms with E-state index >= 15 is 0 Å². The van der Waals surface area contributed by atoms with Gasteiger partial charge in [-0.3, -0.25) is 9.59 Å². The molecule has 1 heterocycles. The minimum Gasteiger partial charge on any atom is -0.454 e. The zero-order chi connectivity index (χ0) is 19.2. The molecule has 0 atom stereocenters. The van der Waals surface area contributed by atoms with Crippen LogP contribution in [0.3, 0.4) is 0 Å². The maximum Gasteiger partial charge on any atom is 0.332 e. The zero-order valence-corrected chi connectivity index (χ0v) is 15.4. The largest absolute Gasteiger partial charge is 0.454 e. The van der Waals surface area contributed by atoms with E-state index in [2.05, 4.69) is 0 Å². The van der Waals surface area contributed by atoms with Crippen molar-refractivity contribution in [1.29, 1.82) is 0 Å². The van der Waals surface area contributed by atoms with Crippen LogP contribution in [0.4, 0.5) is 0 Å². The molecule has 10 nitrogen and oxygen atoms in total. The Morgan fingerprint density at radius 3 is 1.62 bits per heavy atom. The standard InChI is InChI=1S/C16H28N2O8/c1-17-3-5-22-7-9-24-10-8-23-6-4-18(2)15(20)12-26-16(21)13-25-11-14(17)19/h3-13H2,1-2H3. The summed E-state index contributed by atoms with van der Waals surface area (Å²) >= 11 is 0. The number of rotatable bonds is 0. The number of nitrogens with zero attached hydrogens (tertiary/aromatic N) is 2. The summed E-state index contributed by atoms with van der Waals surface area (Å²) in [5.74, 6) is -1.33. The first-order valence-corrected chi connectivity index (χ1v) is 8.45. The lowest BCUT2D eigenvalue weighted by molar-refractivity contribution is -0.156. The predicted molar refractivity (Wildman–Crippen MR) is 89.5 cm³/mol. The highest BCUT2D eigenvalue weighted by Gasteiger charge is 2.14. The van der Waals surface area contributed by atoms with Gasteiger partial charge in [0, 0.05) is 27.2 Å². The molecule has 26 heavy (non-hydrogen) atoms. The molecule has 0 bridgehead atoms. The van der Waals surface area contributed by atoms with Crippen LogP contribution in [0.5, 0.6) is 0 Å². The zero-order valence-electron chi connectivity index (χ0n) is 15.4. The molecule has 150 valence electrons. The molecule has 2 amide bonds. The van der Waals surface area contributed by atoms with Crippen LogP contribution in [0.2, 0.25) is 0 Å². The van der Waals surface area contributed by atoms with Gasteiger partial charge in [0.2, 0.25) is 5.91 Å². The van der Waals surface area contributed by atoms with Crippen LogP contribution in [-0.4, -0.2) is 114 Å². The number of carbonyl (C=O) groups is 3. The van der Waals surface area contributed by atoms with Gasteiger partial charge in [-0.1, -0.05) is 0 Å². The fourth-order valence-corrected chi connectivity index (χ4v) is 1.82. The summed E-state index contributed by atoms with van der Waals surface area (Å²) < 4.78 is 25.9. The molecule has 1 rings (SSSR count). The van der Waals surface area contributed by atoms with Crippen LogP contribution in [0, 0.1) is 0 Å². The molecule has 0 aromatic rings. The summed E-state index contributed by atoms with van der Waals surface area (Å²) in [6.07, 6.45) is 0. The normalized spacial score (nSPS) is 21.8. The number of hydrogen-bond donors (Lipinski definition) is 0. The average molecular weight is 376 g/mol. The van der Waals surface area contributed by atoms with E-state index in [9.17, 15) is 14.4 Å². The van der Waals surface area contributed by atoms with Crippen molar-refractivity contribution in [3.05, 3.63) is 0 Å². The topological polar surface area (TPSA) is 104 Å². The van der Waals surface area contributed by atoms with Gasteiger partial charge in [0.25, 0.3) is 5.91 Å². The molecular formula is C16H28N2O8. The molecule has 0 aromatic heterocycles. The molecule has 0 unspecified atom stereocenters. The van der Waals surface area contributed by atoms with E-state index in [1.807, 2.05) is 0 Å². The fraction of sp³-hybridized carbons (Fsp3) is 0.812. The number of esters is 1. The first-order valence-electron chi connectivity index (χ1n) is 8.45. The first-order chi connectivity index (χ1) is 12.5. The molecule has 1 saturated heterocycles. The smallest absolute Gasteiger partial charge is 0.332 e. The highest BCUT2D eigenvalue weighted by molar-refractivity contribution is 5.81. The number of hydrogen-bond acceptors (Lipinski definition) is 8. The maximum absolute atomic E-state index is 11.8. The van der Waals surface area contributed by atoms with Crippen LogP contribution in [0.1, 0.15) is 0 Å². The van der Waals surface area contributed by atoms with E-state index in [0.29, 0.717) is 52.7 Å². The van der Waals surface area contributed by atoms with Crippen LogP contribution >= 0.6 is 0 Å². The lowest BCUT2D eigenvalue weighted by Crippen LogP contribution is -2.35. The lowest BCUT2D eigenvalue weighted by atomic mass is 10.5. The summed E-state index contributed by atoms with van der Waals surface area (Å²) in [6, 6.07) is 0. The quantitative estimate of drug-likeness (QED) is 0.472. The summed E-state index contributed by atoms with van der Waals surface area (Å²) in [7, 11) is 3.21. The molecule has 0 aliphatic carbocycles. The molecule has 1 fully saturated rings. The first kappa shape index (κ1) is 22.3. The van der Waals surface area contributed by atoms with Crippen LogP contribution in [0.15, 0.2) is 0 Å². The molecule has 0 radical (unpaired) electrons. The Labute approximate surface area is 153 Å². The van der Waals surface area contributed by atoms with Gasteiger partial charge in [-0.15, -0.1) is 0 Å². The van der Waals surface area contributed by atoms with Gasteiger partial charge in [0.05, 0.1) is 39.6 Å². The summed E-state index contributed by atoms with van der Waals surface area (Å²) in [6.45, 7) is 2.16. The molecule has 1 aliphatic heterocycles. The van der Waals surface area contributed by atoms with Crippen LogP contribution < -0.4 is 0 Å². The molecule has 0 N–H and O–H groups in total. The summed E-state index contributed by atoms with van der Waals surface area (Å²) in [5, 5.41) is 0. The number of carbonyl (C=O) groups excluding carboxylic acids is 3. The number of likely N-dealkylation sites (N-methyl/N-ethyl adjacent to an activating group) is 2. The van der Waals surface area contributed by atoms with E-state index in [1.165, 1.54) is 9.80 Å². The van der Waals surface area contributed by atoms with Crippen molar-refractivity contribution in [1.82, 2.24) is 9.80 Å². The van der Waals surface area contributed by atoms with Gasteiger partial charge in [-0.25, -0.2) is 4.79 Å². The Kier molecular flexibility index (Phi) is 11.5. The van der Waals surface area contributed by atoms with Crippen molar-refractivity contribution in [2.24, 2.45) is 0 Å². The Hall–Kier alpha value is -1.75. The van der Waals surface area contributed by atoms with Crippen molar-refractivity contribution < 1.29 is 38.1 Å². The molecular weight excluding hydrogens is 348 g/mol. The van der Waals surface area contributed by atoms with Crippen molar-refractivity contribution in [2.45, 2.75) is 0 Å². The fourth-order valence-electron chi connectivity index (χ4n) is 1.82. The van der Waals surface area contributed by atoms with Gasteiger partial charge >= 0.3 is 5.97 Å². The Morgan fingerprint density at radius 2 is 1.08 bits per heavy atom. The third kappa shape index (κ3) is 10.3. The van der Waals surface area contributed by atoms with Gasteiger partial charge in [-0.2, -0.15) is 0 Å². The number of amides is 2. The Balaban J connectivity index is 2.42. The van der Waals surface area contributed by atoms with Gasteiger partial charge in [-0.05, 0) is 0 Å². The molecule has 0 spiro atoms. The highest BCUT2D eigenvalue weighted by Crippen LogP contribution is 1.92. The van der Waals surface area contributed by atoms with Gasteiger partial charge in [0.1, 0.15) is 13.2 Å². The van der Waals surface area contributed by atoms with Gasteiger partial charge < -0.3 is 33.5 Å². The number of cyclic esters (lactones) is 1. The van der Waals surface area contributed by atoms with E-state index in [4.69, 9.17) is 23.7 Å². The molecule has 10 heteroatoms. The third-order valence-corrected chi connectivity index (χ3v) is 3.54. The second-order valence-corrected chi connectivity index (χ2v) is 5.62. The summed E-state index contributed by atoms with van der Waals surface area (Å²) in [5.41, 5.74) is 0. The second-order valence-electron chi connectivity index (χ2n) is 5.62. The van der Waals surface area contributed by atoms with Crippen LogP contribution in [0.25, 0.3) is 0 Å². The Bertz CT molecular complexity index is 446. The molecule has 1 aliphatic rings. The third-order valence-electron chi connectivity index (χ3n) is 3.54. The van der Waals surface area contributed by atoms with Crippen LogP contribution in [-0.2, 0) is 38.1 Å². The van der Waals surface area contributed by atoms with Crippen molar-refractivity contribution in [2.75, 3.05) is 86.6 Å². The highest BCUT2D eigenvalue weighted by atomic mass is 16.6. The predicted octanol–water partition coefficient (Wildman–Crippen LogP) is -1.47. The minimum atomic E-state index is -0.704. The minimum absolute atomic E-state index is 0.250. The van der Waals surface area contributed by atoms with E-state index < -0.39 is 12.6 Å². The van der Waals surface area contributed by atoms with Crippen molar-refractivity contribution in [3.63, 3.8) is 0 Å². The Morgan fingerprint density at radius 1 is 0.615 bits per heavy atom. The number of ether oxygens (including phenoxy) is 5. The summed E-state index contributed by atoms with van der Waals surface area (Å²) in [4.78, 5) is 38.0. The lowest BCUT2D eigenvalue weighted by Gasteiger charge is -2.17. The maximum atomic E-state index is 11.8. The SMILES string of the molecule is CN1CCOCCOCCOCCN(C)C(=O)COC(=O)COCC1=O. The monoisotopic (exact) mass is 376 g/mol. The second kappa shape index (κ2) is 13.5. The van der Waals surface area contributed by atoms with E-state index in [-0.39, 0.29) is 25.0 Å². The molecule has 0 aromatic carbocycles. The average Bonchev–Trinajstić information content (AvgIpc) is 2.62. The van der Waals surface area contributed by atoms with E-state index in [1.54, 1.807) is 14.1 Å².